The number of nitrogens with zero attached hydrogens (tertiary/aromatic N) is 1. The topological polar surface area (TPSA) is 38.8 Å². The fourth-order valence-electron chi connectivity index (χ4n) is 3.28. The summed E-state index contributed by atoms with van der Waals surface area (Å²) in [5.74, 6) is 0. The van der Waals surface area contributed by atoms with Gasteiger partial charge in [0.1, 0.15) is 5.60 Å². The molecule has 0 N–H and O–H groups in total. The Bertz CT molecular complexity index is 681. The van der Waals surface area contributed by atoms with Gasteiger partial charge in [-0.15, -0.1) is 0 Å². The van der Waals surface area contributed by atoms with Crippen molar-refractivity contribution < 1.29 is 23.0 Å². The van der Waals surface area contributed by atoms with Crippen molar-refractivity contribution in [2.45, 2.75) is 51.3 Å². The Labute approximate surface area is 146 Å². The minimum atomic E-state index is -2.50. The minimum absolute atomic E-state index is 0.00869. The number of hydrogen-bond acceptors (Lipinski definition) is 3. The van der Waals surface area contributed by atoms with Crippen molar-refractivity contribution in [2.24, 2.45) is 0 Å². The van der Waals surface area contributed by atoms with Crippen LogP contribution in [0.2, 0.25) is 0 Å². The molecule has 0 saturated carbocycles. The van der Waals surface area contributed by atoms with Crippen LogP contribution in [0.15, 0.2) is 30.3 Å². The summed E-state index contributed by atoms with van der Waals surface area (Å²) in [4.78, 5) is 14.3. The summed E-state index contributed by atoms with van der Waals surface area (Å²) in [6.45, 7) is 6.30. The van der Waals surface area contributed by atoms with E-state index >= 15 is 0 Å². The largest absolute Gasteiger partial charge is 0.444 e. The number of benzene rings is 1. The molecule has 2 unspecified atom stereocenters. The van der Waals surface area contributed by atoms with Crippen molar-refractivity contribution in [1.82, 2.24) is 4.90 Å². The maximum atomic E-state index is 13.0. The normalized spacial score (nSPS) is 23.4. The van der Waals surface area contributed by atoms with E-state index in [-0.39, 0.29) is 23.7 Å². The fraction of sp³-hybridized carbons (Fsp3) is 0.526. The van der Waals surface area contributed by atoms with Crippen LogP contribution in [0, 0.1) is 0 Å². The van der Waals surface area contributed by atoms with Gasteiger partial charge in [-0.25, -0.2) is 13.6 Å². The molecule has 1 amide bonds. The van der Waals surface area contributed by atoms with Gasteiger partial charge < -0.3 is 9.47 Å². The molecule has 2 aliphatic heterocycles. The van der Waals surface area contributed by atoms with Crippen LogP contribution in [0.3, 0.4) is 0 Å². The van der Waals surface area contributed by atoms with E-state index in [4.69, 9.17) is 9.47 Å². The standard InChI is InChI=1S/C19H23F2NO3/c1-19(2,3)25-18(23)22-15-8-14(9-16(22)11-24-10-15)12-5-4-6-13(7-12)17(20)21/h4-8,15-17H,9-11H2,1-3H3. The van der Waals surface area contributed by atoms with Crippen LogP contribution in [-0.2, 0) is 9.47 Å². The quantitative estimate of drug-likeness (QED) is 0.792. The number of morpholine rings is 1. The van der Waals surface area contributed by atoms with Crippen molar-refractivity contribution in [1.29, 1.82) is 0 Å². The zero-order chi connectivity index (χ0) is 18.2. The summed E-state index contributed by atoms with van der Waals surface area (Å²) in [6.07, 6.45) is -0.361. The highest BCUT2D eigenvalue weighted by Crippen LogP contribution is 2.34. The second-order valence-corrected chi connectivity index (χ2v) is 7.47. The van der Waals surface area contributed by atoms with E-state index in [2.05, 4.69) is 0 Å². The van der Waals surface area contributed by atoms with Gasteiger partial charge in [0.2, 0.25) is 0 Å². The summed E-state index contributed by atoms with van der Waals surface area (Å²) in [6, 6.07) is 6.03. The van der Waals surface area contributed by atoms with E-state index in [1.54, 1.807) is 11.0 Å². The van der Waals surface area contributed by atoms with Crippen LogP contribution in [0.1, 0.15) is 44.7 Å². The molecule has 3 rings (SSSR count). The van der Waals surface area contributed by atoms with Crippen molar-refractivity contribution >= 4 is 11.7 Å². The molecule has 4 nitrogen and oxygen atoms in total. The van der Waals surface area contributed by atoms with Gasteiger partial charge in [0.25, 0.3) is 6.43 Å². The first-order valence-corrected chi connectivity index (χ1v) is 8.43. The van der Waals surface area contributed by atoms with Gasteiger partial charge >= 0.3 is 6.09 Å². The van der Waals surface area contributed by atoms with E-state index in [0.717, 1.165) is 11.1 Å². The lowest BCUT2D eigenvalue weighted by Gasteiger charge is -2.44. The zero-order valence-corrected chi connectivity index (χ0v) is 14.7. The lowest BCUT2D eigenvalue weighted by molar-refractivity contribution is -0.0510. The van der Waals surface area contributed by atoms with Crippen LogP contribution < -0.4 is 0 Å². The first-order valence-electron chi connectivity index (χ1n) is 8.43. The van der Waals surface area contributed by atoms with Crippen molar-refractivity contribution in [3.05, 3.63) is 41.5 Å². The number of alkyl halides is 2. The lowest BCUT2D eigenvalue weighted by Crippen LogP contribution is -2.57. The molecular formula is C19H23F2NO3. The predicted octanol–water partition coefficient (Wildman–Crippen LogP) is 4.42. The molecule has 2 heterocycles. The minimum Gasteiger partial charge on any atom is -0.444 e. The lowest BCUT2D eigenvalue weighted by atomic mass is 9.89. The number of carbonyl (C=O) groups is 1. The predicted molar refractivity (Wildman–Crippen MR) is 90.5 cm³/mol. The first-order chi connectivity index (χ1) is 11.7. The molecule has 2 atom stereocenters. The van der Waals surface area contributed by atoms with Crippen LogP contribution in [0.25, 0.3) is 5.57 Å². The SMILES string of the molecule is CC(C)(C)OC(=O)N1C2C=C(c3cccc(C(F)F)c3)CC1COC2. The zero-order valence-electron chi connectivity index (χ0n) is 14.7. The third-order valence-electron chi connectivity index (χ3n) is 4.31. The Balaban J connectivity index is 1.86. The fourth-order valence-corrected chi connectivity index (χ4v) is 3.28. The average Bonchev–Trinajstić information content (AvgIpc) is 2.52. The van der Waals surface area contributed by atoms with Gasteiger partial charge in [0.15, 0.2) is 0 Å². The molecule has 136 valence electrons. The molecule has 1 aromatic carbocycles. The molecule has 2 aliphatic rings. The molecule has 25 heavy (non-hydrogen) atoms. The van der Waals surface area contributed by atoms with Gasteiger partial charge in [-0.05, 0) is 44.4 Å². The third kappa shape index (κ3) is 4.00. The number of halogens is 2. The van der Waals surface area contributed by atoms with Gasteiger partial charge in [-0.3, -0.25) is 4.90 Å². The molecule has 6 heteroatoms. The molecule has 1 saturated heterocycles. The monoisotopic (exact) mass is 351 g/mol. The van der Waals surface area contributed by atoms with E-state index in [1.807, 2.05) is 32.9 Å². The summed E-state index contributed by atoms with van der Waals surface area (Å²) >= 11 is 0. The van der Waals surface area contributed by atoms with E-state index < -0.39 is 12.0 Å². The number of carbonyl (C=O) groups excluding carboxylic acids is 1. The second kappa shape index (κ2) is 6.75. The highest BCUT2D eigenvalue weighted by molar-refractivity contribution is 5.75. The number of rotatable bonds is 2. The molecule has 0 aromatic heterocycles. The number of fused-ring (bicyclic) bond motifs is 2. The van der Waals surface area contributed by atoms with Crippen molar-refractivity contribution in [3.63, 3.8) is 0 Å². The summed E-state index contributed by atoms with van der Waals surface area (Å²) in [5.41, 5.74) is 1.19. The van der Waals surface area contributed by atoms with E-state index in [1.165, 1.54) is 12.1 Å². The van der Waals surface area contributed by atoms with Gasteiger partial charge in [-0.2, -0.15) is 0 Å². The van der Waals surface area contributed by atoms with E-state index in [0.29, 0.717) is 19.6 Å². The van der Waals surface area contributed by atoms with Crippen LogP contribution in [0.5, 0.6) is 0 Å². The Hall–Kier alpha value is -1.95. The van der Waals surface area contributed by atoms with Crippen LogP contribution >= 0.6 is 0 Å². The van der Waals surface area contributed by atoms with Gasteiger partial charge in [-0.1, -0.05) is 24.3 Å². The van der Waals surface area contributed by atoms with Crippen LogP contribution in [-0.4, -0.2) is 41.9 Å². The van der Waals surface area contributed by atoms with Crippen LogP contribution in [0.4, 0.5) is 13.6 Å². The van der Waals surface area contributed by atoms with Crippen molar-refractivity contribution in [2.75, 3.05) is 13.2 Å². The summed E-state index contributed by atoms with van der Waals surface area (Å²) < 4.78 is 37.0. The molecule has 1 fully saturated rings. The van der Waals surface area contributed by atoms with Gasteiger partial charge in [0.05, 0.1) is 25.3 Å². The summed E-state index contributed by atoms with van der Waals surface area (Å²) in [5, 5.41) is 0. The summed E-state index contributed by atoms with van der Waals surface area (Å²) in [7, 11) is 0. The molecule has 1 aromatic rings. The Morgan fingerprint density at radius 1 is 1.32 bits per heavy atom. The molecule has 0 radical (unpaired) electrons. The number of ether oxygens (including phenoxy) is 2. The van der Waals surface area contributed by atoms with Crippen molar-refractivity contribution in [3.8, 4) is 0 Å². The Morgan fingerprint density at radius 3 is 2.72 bits per heavy atom. The van der Waals surface area contributed by atoms with E-state index in [9.17, 15) is 13.6 Å². The Kier molecular flexibility index (Phi) is 4.82. The maximum Gasteiger partial charge on any atom is 0.411 e. The Morgan fingerprint density at radius 2 is 2.08 bits per heavy atom. The molecule has 0 aliphatic carbocycles. The smallest absolute Gasteiger partial charge is 0.411 e. The molecule has 0 spiro atoms. The molecule has 2 bridgehead atoms. The highest BCUT2D eigenvalue weighted by Gasteiger charge is 2.40. The average molecular weight is 351 g/mol. The maximum absolute atomic E-state index is 13.0. The second-order valence-electron chi connectivity index (χ2n) is 7.47. The molecular weight excluding hydrogens is 328 g/mol. The number of amides is 1. The number of hydrogen-bond donors (Lipinski definition) is 0. The third-order valence-corrected chi connectivity index (χ3v) is 4.31. The van der Waals surface area contributed by atoms with Gasteiger partial charge in [0, 0.05) is 5.56 Å². The first kappa shape index (κ1) is 17.9. The highest BCUT2D eigenvalue weighted by atomic mass is 19.3.